The van der Waals surface area contributed by atoms with Crippen LogP contribution in [0.5, 0.6) is 0 Å². The van der Waals surface area contributed by atoms with Gasteiger partial charge in [-0.2, -0.15) is 0 Å². The third kappa shape index (κ3) is 5.29. The quantitative estimate of drug-likeness (QED) is 0.378. The zero-order valence-electron chi connectivity index (χ0n) is 22.7. The summed E-state index contributed by atoms with van der Waals surface area (Å²) in [6.45, 7) is 5.43. The summed E-state index contributed by atoms with van der Waals surface area (Å²) in [5, 5.41) is 3.74. The molecule has 10 heteroatoms. The molecule has 6 rings (SSSR count). The fourth-order valence-electron chi connectivity index (χ4n) is 5.46. The van der Waals surface area contributed by atoms with E-state index >= 15 is 0 Å². The van der Waals surface area contributed by atoms with E-state index in [2.05, 4.69) is 15.2 Å². The van der Waals surface area contributed by atoms with E-state index in [1.54, 1.807) is 26.1 Å². The Morgan fingerprint density at radius 2 is 1.77 bits per heavy atom. The van der Waals surface area contributed by atoms with Gasteiger partial charge in [-0.05, 0) is 80.3 Å². The first-order chi connectivity index (χ1) is 19.1. The fraction of sp³-hybridized carbons (Fsp3) is 0.333. The van der Waals surface area contributed by atoms with E-state index in [0.717, 1.165) is 65.9 Å². The molecule has 2 bridgehead atoms. The third-order valence-electron chi connectivity index (χ3n) is 7.71. The molecule has 0 aliphatic carbocycles. The Hall–Kier alpha value is -3.89. The van der Waals surface area contributed by atoms with Crippen LogP contribution in [0.15, 0.2) is 59.6 Å². The number of rotatable bonds is 6. The van der Waals surface area contributed by atoms with Gasteiger partial charge in [-0.1, -0.05) is 6.07 Å². The SMILES string of the molecule is Cc1cc(C(=O)NCc2cc3nc(-c4cccc(N5CC6CCC(C5)O6)n4)ccc3cn2)cc(S(C)(=O)=O)c1C. The molecule has 40 heavy (non-hydrogen) atoms. The van der Waals surface area contributed by atoms with Gasteiger partial charge in [-0.15, -0.1) is 0 Å². The highest BCUT2D eigenvalue weighted by atomic mass is 32.2. The van der Waals surface area contributed by atoms with Crippen molar-refractivity contribution in [1.82, 2.24) is 20.3 Å². The standard InChI is InChI=1S/C30H31N5O4S/c1-18-11-21(12-28(19(18)2)40(3,37)38)30(36)32-15-22-13-27-20(14-31-22)7-10-26(33-27)25-5-4-6-29(34-25)35-16-23-8-9-24(17-35)39-23/h4-7,10-14,23-24H,8-9,15-17H2,1-3H3,(H,32,36). The van der Waals surface area contributed by atoms with E-state index in [1.807, 2.05) is 36.4 Å². The first kappa shape index (κ1) is 26.3. The summed E-state index contributed by atoms with van der Waals surface area (Å²) >= 11 is 0. The Morgan fingerprint density at radius 1 is 1.02 bits per heavy atom. The molecule has 2 saturated heterocycles. The first-order valence-electron chi connectivity index (χ1n) is 13.4. The second-order valence-electron chi connectivity index (χ2n) is 10.7. The highest BCUT2D eigenvalue weighted by Crippen LogP contribution is 2.30. The fourth-order valence-corrected chi connectivity index (χ4v) is 6.52. The van der Waals surface area contributed by atoms with E-state index < -0.39 is 9.84 Å². The molecule has 206 valence electrons. The monoisotopic (exact) mass is 557 g/mol. The minimum Gasteiger partial charge on any atom is -0.371 e. The predicted octanol–water partition coefficient (Wildman–Crippen LogP) is 4.01. The lowest BCUT2D eigenvalue weighted by Crippen LogP contribution is -2.43. The molecular weight excluding hydrogens is 526 g/mol. The summed E-state index contributed by atoms with van der Waals surface area (Å²) in [7, 11) is -3.46. The van der Waals surface area contributed by atoms with Crippen LogP contribution < -0.4 is 10.2 Å². The van der Waals surface area contributed by atoms with E-state index in [4.69, 9.17) is 14.7 Å². The largest absolute Gasteiger partial charge is 0.371 e. The van der Waals surface area contributed by atoms with Crippen molar-refractivity contribution in [2.45, 2.75) is 50.3 Å². The molecule has 1 amide bonds. The van der Waals surface area contributed by atoms with Crippen molar-refractivity contribution in [3.05, 3.63) is 77.1 Å². The highest BCUT2D eigenvalue weighted by molar-refractivity contribution is 7.90. The van der Waals surface area contributed by atoms with E-state index in [0.29, 0.717) is 16.8 Å². The van der Waals surface area contributed by atoms with Gasteiger partial charge < -0.3 is 15.0 Å². The summed E-state index contributed by atoms with van der Waals surface area (Å²) in [6.07, 6.45) is 5.66. The van der Waals surface area contributed by atoms with Crippen molar-refractivity contribution in [3.63, 3.8) is 0 Å². The Bertz CT molecular complexity index is 1730. The molecule has 1 N–H and O–H groups in total. The predicted molar refractivity (Wildman–Crippen MR) is 153 cm³/mol. The van der Waals surface area contributed by atoms with Gasteiger partial charge in [0.1, 0.15) is 5.82 Å². The van der Waals surface area contributed by atoms with Crippen molar-refractivity contribution in [3.8, 4) is 11.4 Å². The molecule has 0 radical (unpaired) electrons. The molecule has 0 spiro atoms. The van der Waals surface area contributed by atoms with Crippen LogP contribution in [0.3, 0.4) is 0 Å². The van der Waals surface area contributed by atoms with Gasteiger partial charge in [-0.25, -0.2) is 18.4 Å². The van der Waals surface area contributed by atoms with Crippen LogP contribution in [-0.4, -0.2) is 60.8 Å². The van der Waals surface area contributed by atoms with Crippen LogP contribution in [0.25, 0.3) is 22.3 Å². The number of carbonyl (C=O) groups excluding carboxylic acids is 1. The Labute approximate surface area is 233 Å². The minimum atomic E-state index is -3.46. The number of aryl methyl sites for hydroxylation is 1. The number of amides is 1. The Kier molecular flexibility index (Phi) is 6.75. The molecule has 1 aromatic carbocycles. The Balaban J connectivity index is 1.20. The van der Waals surface area contributed by atoms with Gasteiger partial charge in [0.05, 0.1) is 46.2 Å². The molecule has 2 aliphatic rings. The molecule has 0 saturated carbocycles. The van der Waals surface area contributed by atoms with Crippen LogP contribution in [0, 0.1) is 13.8 Å². The number of aromatic nitrogens is 3. The van der Waals surface area contributed by atoms with Crippen LogP contribution in [0.1, 0.15) is 40.0 Å². The van der Waals surface area contributed by atoms with E-state index in [1.165, 1.54) is 6.07 Å². The average Bonchev–Trinajstić information content (AvgIpc) is 3.28. The number of hydrogen-bond acceptors (Lipinski definition) is 8. The van der Waals surface area contributed by atoms with Crippen molar-refractivity contribution in [2.75, 3.05) is 24.2 Å². The number of hydrogen-bond donors (Lipinski definition) is 1. The molecule has 2 aliphatic heterocycles. The summed E-state index contributed by atoms with van der Waals surface area (Å²) in [6, 6.07) is 14.9. The number of ether oxygens (including phenoxy) is 1. The van der Waals surface area contributed by atoms with Gasteiger partial charge >= 0.3 is 0 Å². The van der Waals surface area contributed by atoms with E-state index in [9.17, 15) is 13.2 Å². The van der Waals surface area contributed by atoms with Crippen molar-refractivity contribution < 1.29 is 17.9 Å². The number of anilines is 1. The molecule has 9 nitrogen and oxygen atoms in total. The summed E-state index contributed by atoms with van der Waals surface area (Å²) in [5.41, 5.74) is 4.63. The van der Waals surface area contributed by atoms with Gasteiger partial charge in [0.25, 0.3) is 5.91 Å². The van der Waals surface area contributed by atoms with Gasteiger partial charge in [0.2, 0.25) is 0 Å². The maximum absolute atomic E-state index is 12.9. The van der Waals surface area contributed by atoms with Crippen LogP contribution in [-0.2, 0) is 21.1 Å². The zero-order chi connectivity index (χ0) is 28.0. The smallest absolute Gasteiger partial charge is 0.251 e. The number of sulfone groups is 1. The lowest BCUT2D eigenvalue weighted by molar-refractivity contribution is 0.0302. The number of fused-ring (bicyclic) bond motifs is 3. The topological polar surface area (TPSA) is 114 Å². The minimum absolute atomic E-state index is 0.164. The zero-order valence-corrected chi connectivity index (χ0v) is 23.5. The number of nitrogens with zero attached hydrogens (tertiary/aromatic N) is 4. The second kappa shape index (κ2) is 10.3. The second-order valence-corrected chi connectivity index (χ2v) is 12.7. The summed E-state index contributed by atoms with van der Waals surface area (Å²) in [4.78, 5) is 29.6. The van der Waals surface area contributed by atoms with Gasteiger partial charge in [0.15, 0.2) is 9.84 Å². The molecule has 2 fully saturated rings. The average molecular weight is 558 g/mol. The number of nitrogens with one attached hydrogen (secondary N) is 1. The molecule has 2 unspecified atom stereocenters. The molecular formula is C30H31N5O4S. The molecule has 5 heterocycles. The maximum Gasteiger partial charge on any atom is 0.251 e. The Morgan fingerprint density at radius 3 is 2.52 bits per heavy atom. The molecule has 3 aromatic heterocycles. The molecule has 4 aromatic rings. The number of morpholine rings is 1. The van der Waals surface area contributed by atoms with Crippen molar-refractivity contribution in [2.24, 2.45) is 0 Å². The van der Waals surface area contributed by atoms with Gasteiger partial charge in [-0.3, -0.25) is 9.78 Å². The van der Waals surface area contributed by atoms with Crippen LogP contribution >= 0.6 is 0 Å². The van der Waals surface area contributed by atoms with Crippen LogP contribution in [0.4, 0.5) is 5.82 Å². The summed E-state index contributed by atoms with van der Waals surface area (Å²) in [5.74, 6) is 0.567. The summed E-state index contributed by atoms with van der Waals surface area (Å²) < 4.78 is 30.3. The highest BCUT2D eigenvalue weighted by Gasteiger charge is 2.34. The van der Waals surface area contributed by atoms with Crippen molar-refractivity contribution >= 4 is 32.5 Å². The van der Waals surface area contributed by atoms with Crippen LogP contribution in [0.2, 0.25) is 0 Å². The molecule has 2 atom stereocenters. The first-order valence-corrected chi connectivity index (χ1v) is 15.3. The normalized spacial score (nSPS) is 18.7. The van der Waals surface area contributed by atoms with Crippen molar-refractivity contribution in [1.29, 1.82) is 0 Å². The van der Waals surface area contributed by atoms with E-state index in [-0.39, 0.29) is 29.6 Å². The van der Waals surface area contributed by atoms with Gasteiger partial charge in [0, 0.05) is 36.5 Å². The lowest BCUT2D eigenvalue weighted by atomic mass is 10.1. The number of benzene rings is 1. The number of pyridine rings is 3. The third-order valence-corrected chi connectivity index (χ3v) is 8.93. The maximum atomic E-state index is 12.9. The lowest BCUT2D eigenvalue weighted by Gasteiger charge is -2.33. The number of carbonyl (C=O) groups is 1.